The number of anilines is 3. The Morgan fingerprint density at radius 3 is 2.30 bits per heavy atom. The van der Waals surface area contributed by atoms with E-state index < -0.39 is 0 Å². The van der Waals surface area contributed by atoms with Gasteiger partial charge in [0.1, 0.15) is 0 Å². The van der Waals surface area contributed by atoms with Crippen LogP contribution in [-0.4, -0.2) is 16.0 Å². The van der Waals surface area contributed by atoms with Crippen LogP contribution in [0.1, 0.15) is 61.7 Å². The van der Waals surface area contributed by atoms with Gasteiger partial charge in [0.15, 0.2) is 0 Å². The van der Waals surface area contributed by atoms with Crippen molar-refractivity contribution in [3.05, 3.63) is 75.8 Å². The molecule has 33 heavy (non-hydrogen) atoms. The van der Waals surface area contributed by atoms with Gasteiger partial charge in [-0.05, 0) is 60.6 Å². The summed E-state index contributed by atoms with van der Waals surface area (Å²) in [6, 6.07) is 9.51. The van der Waals surface area contributed by atoms with E-state index in [2.05, 4.69) is 29.1 Å². The molecule has 1 heterocycles. The molecule has 0 saturated heterocycles. The molecular weight excluding hydrogens is 434 g/mol. The number of carbonyl (C=O) groups is 1. The fourth-order valence-corrected chi connectivity index (χ4v) is 4.14. The molecule has 1 aromatic heterocycles. The molecule has 174 valence electrons. The summed E-state index contributed by atoms with van der Waals surface area (Å²) < 4.78 is 0. The minimum absolute atomic E-state index is 0.277. The third-order valence-electron chi connectivity index (χ3n) is 5.73. The highest BCUT2D eigenvalue weighted by Gasteiger charge is 2.22. The summed E-state index contributed by atoms with van der Waals surface area (Å²) >= 11 is 6.47. The quantitative estimate of drug-likeness (QED) is 0.389. The Morgan fingerprint density at radius 2 is 1.76 bits per heavy atom. The predicted molar refractivity (Wildman–Crippen MR) is 137 cm³/mol. The van der Waals surface area contributed by atoms with E-state index in [1.807, 2.05) is 45.0 Å². The summed E-state index contributed by atoms with van der Waals surface area (Å²) in [7, 11) is 0. The number of aromatic nitrogens is 2. The molecule has 2 amide bonds. The lowest BCUT2D eigenvalue weighted by Crippen LogP contribution is -2.35. The highest BCUT2D eigenvalue weighted by atomic mass is 35.5. The van der Waals surface area contributed by atoms with Crippen LogP contribution in [0.5, 0.6) is 0 Å². The van der Waals surface area contributed by atoms with E-state index in [9.17, 15) is 4.79 Å². The number of hydrogen-bond donors (Lipinski definition) is 2. The lowest BCUT2D eigenvalue weighted by Gasteiger charge is -2.26. The van der Waals surface area contributed by atoms with Crippen LogP contribution in [-0.2, 0) is 19.4 Å². The summed E-state index contributed by atoms with van der Waals surface area (Å²) in [5.74, 6) is 0.401. The zero-order chi connectivity index (χ0) is 24.1. The van der Waals surface area contributed by atoms with Crippen LogP contribution >= 0.6 is 11.6 Å². The maximum absolute atomic E-state index is 13.6. The van der Waals surface area contributed by atoms with Gasteiger partial charge in [0.05, 0.1) is 29.8 Å². The number of benzene rings is 2. The molecule has 3 N–H and O–H groups in total. The average molecular weight is 466 g/mol. The van der Waals surface area contributed by atoms with E-state index in [0.717, 1.165) is 22.5 Å². The standard InChI is InChI=1S/C26H32ClN5O/c1-6-21-23(27)12-24(28)22(7-2)25(21)31-26(33)32(15-19-14-29-17(5)13-30-19)20-10-8-18(9-11-20)16(3)4/h8-14,16H,6-7,15,28H2,1-5H3,(H,31,33). The molecule has 0 bridgehead atoms. The van der Waals surface area contributed by atoms with Gasteiger partial charge in [0.2, 0.25) is 0 Å². The molecule has 0 saturated carbocycles. The van der Waals surface area contributed by atoms with Crippen LogP contribution in [0.25, 0.3) is 0 Å². The third kappa shape index (κ3) is 5.63. The van der Waals surface area contributed by atoms with Gasteiger partial charge in [0, 0.05) is 22.6 Å². The van der Waals surface area contributed by atoms with Crippen LogP contribution in [0.15, 0.2) is 42.7 Å². The zero-order valence-corrected chi connectivity index (χ0v) is 20.7. The summed E-state index contributed by atoms with van der Waals surface area (Å²) in [5, 5.41) is 3.66. The van der Waals surface area contributed by atoms with Gasteiger partial charge in [-0.15, -0.1) is 0 Å². The first-order valence-corrected chi connectivity index (χ1v) is 11.7. The molecule has 3 aromatic rings. The van der Waals surface area contributed by atoms with Crippen molar-refractivity contribution in [1.29, 1.82) is 0 Å². The number of nitrogens with two attached hydrogens (primary N) is 1. The fraction of sp³-hybridized carbons (Fsp3) is 0.346. The average Bonchev–Trinajstić information content (AvgIpc) is 2.79. The molecule has 3 rings (SSSR count). The number of halogens is 1. The molecule has 0 atom stereocenters. The monoisotopic (exact) mass is 465 g/mol. The largest absolute Gasteiger partial charge is 0.398 e. The van der Waals surface area contributed by atoms with Crippen molar-refractivity contribution in [2.45, 2.75) is 59.9 Å². The lowest BCUT2D eigenvalue weighted by atomic mass is 10.0. The van der Waals surface area contributed by atoms with Gasteiger partial charge in [-0.25, -0.2) is 4.79 Å². The molecule has 0 fully saturated rings. The van der Waals surface area contributed by atoms with E-state index in [4.69, 9.17) is 17.3 Å². The second-order valence-corrected chi connectivity index (χ2v) is 8.81. The molecule has 0 spiro atoms. The normalized spacial score (nSPS) is 11.0. The minimum Gasteiger partial charge on any atom is -0.398 e. The van der Waals surface area contributed by atoms with Gasteiger partial charge in [0.25, 0.3) is 0 Å². The Labute approximate surface area is 201 Å². The highest BCUT2D eigenvalue weighted by Crippen LogP contribution is 2.34. The third-order valence-corrected chi connectivity index (χ3v) is 6.07. The smallest absolute Gasteiger partial charge is 0.326 e. The Kier molecular flexibility index (Phi) is 7.92. The van der Waals surface area contributed by atoms with Gasteiger partial charge in [-0.2, -0.15) is 0 Å². The molecule has 0 unspecified atom stereocenters. The molecule has 0 aliphatic rings. The van der Waals surface area contributed by atoms with Gasteiger partial charge >= 0.3 is 6.03 Å². The second-order valence-electron chi connectivity index (χ2n) is 8.40. The SMILES string of the molecule is CCc1c(N)cc(Cl)c(CC)c1NC(=O)N(Cc1cnc(C)cn1)c1ccc(C(C)C)cc1. The van der Waals surface area contributed by atoms with Crippen molar-refractivity contribution in [3.63, 3.8) is 0 Å². The number of carbonyl (C=O) groups excluding carboxylic acids is 1. The van der Waals surface area contributed by atoms with Crippen LogP contribution in [0.2, 0.25) is 5.02 Å². The first kappa shape index (κ1) is 24.5. The number of nitrogen functional groups attached to an aromatic ring is 1. The fourth-order valence-electron chi connectivity index (χ4n) is 3.79. The van der Waals surface area contributed by atoms with Crippen molar-refractivity contribution < 1.29 is 4.79 Å². The van der Waals surface area contributed by atoms with Crippen LogP contribution in [0.4, 0.5) is 21.9 Å². The Hall–Kier alpha value is -3.12. The van der Waals surface area contributed by atoms with Crippen molar-refractivity contribution in [2.24, 2.45) is 0 Å². The lowest BCUT2D eigenvalue weighted by molar-refractivity contribution is 0.256. The summed E-state index contributed by atoms with van der Waals surface area (Å²) in [4.78, 5) is 24.1. The van der Waals surface area contributed by atoms with E-state index in [1.165, 1.54) is 5.56 Å². The molecule has 0 aliphatic carbocycles. The Bertz CT molecular complexity index is 1080. The molecular formula is C26H32ClN5O. The number of aryl methyl sites for hydroxylation is 1. The van der Waals surface area contributed by atoms with Crippen LogP contribution in [0, 0.1) is 6.92 Å². The van der Waals surface area contributed by atoms with E-state index in [1.54, 1.807) is 23.4 Å². The maximum Gasteiger partial charge on any atom is 0.326 e. The number of nitrogens with zero attached hydrogens (tertiary/aromatic N) is 3. The summed E-state index contributed by atoms with van der Waals surface area (Å²) in [6.07, 6.45) is 4.76. The summed E-state index contributed by atoms with van der Waals surface area (Å²) in [5.41, 5.74) is 12.8. The molecule has 7 heteroatoms. The van der Waals surface area contributed by atoms with Crippen molar-refractivity contribution >= 4 is 34.7 Å². The van der Waals surface area contributed by atoms with Crippen LogP contribution in [0.3, 0.4) is 0 Å². The van der Waals surface area contributed by atoms with Gasteiger partial charge < -0.3 is 11.1 Å². The Balaban J connectivity index is 2.01. The number of nitrogens with one attached hydrogen (secondary N) is 1. The summed E-state index contributed by atoms with van der Waals surface area (Å²) in [6.45, 7) is 10.5. The zero-order valence-electron chi connectivity index (χ0n) is 19.9. The van der Waals surface area contributed by atoms with E-state index >= 15 is 0 Å². The first-order valence-electron chi connectivity index (χ1n) is 11.3. The number of urea groups is 1. The molecule has 2 aromatic carbocycles. The topological polar surface area (TPSA) is 84.1 Å². The van der Waals surface area contributed by atoms with E-state index in [0.29, 0.717) is 40.9 Å². The Morgan fingerprint density at radius 1 is 1.09 bits per heavy atom. The van der Waals surface area contributed by atoms with Crippen LogP contribution < -0.4 is 16.0 Å². The molecule has 6 nitrogen and oxygen atoms in total. The van der Waals surface area contributed by atoms with Crippen molar-refractivity contribution in [2.75, 3.05) is 16.0 Å². The predicted octanol–water partition coefficient (Wildman–Crippen LogP) is 6.51. The van der Waals surface area contributed by atoms with Gasteiger partial charge in [-0.3, -0.25) is 14.9 Å². The maximum atomic E-state index is 13.6. The highest BCUT2D eigenvalue weighted by molar-refractivity contribution is 6.32. The number of rotatable bonds is 7. The van der Waals surface area contributed by atoms with E-state index in [-0.39, 0.29) is 12.6 Å². The molecule has 0 radical (unpaired) electrons. The van der Waals surface area contributed by atoms with Gasteiger partial charge in [-0.1, -0.05) is 51.4 Å². The minimum atomic E-state index is -0.277. The number of amides is 2. The second kappa shape index (κ2) is 10.7. The van der Waals surface area contributed by atoms with Crippen molar-refractivity contribution in [1.82, 2.24) is 9.97 Å². The first-order chi connectivity index (χ1) is 15.7. The number of hydrogen-bond acceptors (Lipinski definition) is 4. The van der Waals surface area contributed by atoms with Crippen molar-refractivity contribution in [3.8, 4) is 0 Å². The molecule has 0 aliphatic heterocycles.